The van der Waals surface area contributed by atoms with Gasteiger partial charge in [-0.1, -0.05) is 23.7 Å². The predicted molar refractivity (Wildman–Crippen MR) is 108 cm³/mol. The Hall–Kier alpha value is -2.44. The Morgan fingerprint density at radius 1 is 1.15 bits per heavy atom. The predicted octanol–water partition coefficient (Wildman–Crippen LogP) is 5.15. The summed E-state index contributed by atoms with van der Waals surface area (Å²) in [4.78, 5) is 0. The minimum atomic E-state index is -0.352. The standard InChI is InChI=1S/C19H18ClFN4S/c1-12-8-13(2)10-14(9-12)22-19(26)23-18-6-7-25(24-18)11-15-16(20)4-3-5-17(15)21/h3-10H,11H2,1-2H3,(H2,22,23,24,26). The van der Waals surface area contributed by atoms with Gasteiger partial charge in [0.1, 0.15) is 5.82 Å². The fraction of sp³-hybridized carbons (Fsp3) is 0.158. The molecule has 0 atom stereocenters. The van der Waals surface area contributed by atoms with E-state index in [2.05, 4.69) is 21.8 Å². The normalized spacial score (nSPS) is 10.6. The number of rotatable bonds is 4. The molecule has 0 fully saturated rings. The number of nitrogens with zero attached hydrogens (tertiary/aromatic N) is 2. The molecule has 0 aliphatic heterocycles. The molecule has 0 spiro atoms. The average Bonchev–Trinajstić information content (AvgIpc) is 2.97. The van der Waals surface area contributed by atoms with E-state index < -0.39 is 0 Å². The van der Waals surface area contributed by atoms with E-state index in [0.717, 1.165) is 16.8 Å². The number of anilines is 2. The van der Waals surface area contributed by atoms with Crippen LogP contribution in [0.25, 0.3) is 0 Å². The second-order valence-electron chi connectivity index (χ2n) is 6.05. The van der Waals surface area contributed by atoms with Crippen molar-refractivity contribution >= 4 is 40.4 Å². The molecule has 7 heteroatoms. The lowest BCUT2D eigenvalue weighted by molar-refractivity contribution is 0.586. The molecule has 0 unspecified atom stereocenters. The molecule has 0 saturated heterocycles. The van der Waals surface area contributed by atoms with Crippen LogP contribution >= 0.6 is 23.8 Å². The fourth-order valence-corrected chi connectivity index (χ4v) is 3.13. The number of hydrogen-bond acceptors (Lipinski definition) is 2. The summed E-state index contributed by atoms with van der Waals surface area (Å²) >= 11 is 11.4. The molecule has 2 aromatic carbocycles. The summed E-state index contributed by atoms with van der Waals surface area (Å²) in [7, 11) is 0. The third-order valence-corrected chi connectivity index (χ3v) is 4.30. The molecule has 3 aromatic rings. The van der Waals surface area contributed by atoms with Crippen LogP contribution in [0.15, 0.2) is 48.7 Å². The molecular weight excluding hydrogens is 371 g/mol. The van der Waals surface area contributed by atoms with Crippen LogP contribution in [-0.2, 0) is 6.54 Å². The van der Waals surface area contributed by atoms with Crippen molar-refractivity contribution in [3.05, 3.63) is 76.2 Å². The number of thiocarbonyl (C=S) groups is 1. The van der Waals surface area contributed by atoms with Gasteiger partial charge in [0.15, 0.2) is 10.9 Å². The monoisotopic (exact) mass is 388 g/mol. The third kappa shape index (κ3) is 4.59. The van der Waals surface area contributed by atoms with Crippen LogP contribution < -0.4 is 10.6 Å². The van der Waals surface area contributed by atoms with Crippen LogP contribution in [0.4, 0.5) is 15.9 Å². The summed E-state index contributed by atoms with van der Waals surface area (Å²) < 4.78 is 15.5. The lowest BCUT2D eigenvalue weighted by Crippen LogP contribution is -2.19. The van der Waals surface area contributed by atoms with Crippen molar-refractivity contribution < 1.29 is 4.39 Å². The Balaban J connectivity index is 1.65. The molecule has 0 radical (unpaired) electrons. The van der Waals surface area contributed by atoms with Crippen LogP contribution in [0.3, 0.4) is 0 Å². The van der Waals surface area contributed by atoms with Gasteiger partial charge in [-0.15, -0.1) is 0 Å². The van der Waals surface area contributed by atoms with Crippen LogP contribution in [-0.4, -0.2) is 14.9 Å². The summed E-state index contributed by atoms with van der Waals surface area (Å²) in [6.07, 6.45) is 1.74. The van der Waals surface area contributed by atoms with Gasteiger partial charge in [0.2, 0.25) is 0 Å². The van der Waals surface area contributed by atoms with Crippen molar-refractivity contribution in [1.82, 2.24) is 9.78 Å². The van der Waals surface area contributed by atoms with E-state index in [9.17, 15) is 4.39 Å². The number of benzene rings is 2. The van der Waals surface area contributed by atoms with Crippen molar-refractivity contribution in [3.63, 3.8) is 0 Å². The van der Waals surface area contributed by atoms with Crippen LogP contribution in [0.5, 0.6) is 0 Å². The highest BCUT2D eigenvalue weighted by Gasteiger charge is 2.09. The van der Waals surface area contributed by atoms with Crippen molar-refractivity contribution in [1.29, 1.82) is 0 Å². The Bertz CT molecular complexity index is 914. The molecule has 0 aliphatic rings. The zero-order chi connectivity index (χ0) is 18.7. The SMILES string of the molecule is Cc1cc(C)cc(NC(=S)Nc2ccn(Cc3c(F)cccc3Cl)n2)c1. The van der Waals surface area contributed by atoms with Crippen molar-refractivity contribution in [2.75, 3.05) is 10.6 Å². The van der Waals surface area contributed by atoms with E-state index in [1.54, 1.807) is 29.1 Å². The largest absolute Gasteiger partial charge is 0.332 e. The highest BCUT2D eigenvalue weighted by atomic mass is 35.5. The second-order valence-corrected chi connectivity index (χ2v) is 6.87. The van der Waals surface area contributed by atoms with Gasteiger partial charge in [-0.3, -0.25) is 4.68 Å². The minimum Gasteiger partial charge on any atom is -0.332 e. The zero-order valence-corrected chi connectivity index (χ0v) is 16.0. The van der Waals surface area contributed by atoms with Crippen LogP contribution in [0.1, 0.15) is 16.7 Å². The summed E-state index contributed by atoms with van der Waals surface area (Å²) in [5.74, 6) is 0.217. The molecule has 1 aromatic heterocycles. The highest BCUT2D eigenvalue weighted by Crippen LogP contribution is 2.20. The van der Waals surface area contributed by atoms with Gasteiger partial charge in [-0.05, 0) is 61.5 Å². The molecule has 134 valence electrons. The highest BCUT2D eigenvalue weighted by molar-refractivity contribution is 7.80. The van der Waals surface area contributed by atoms with Crippen molar-refractivity contribution in [3.8, 4) is 0 Å². The molecule has 0 saturated carbocycles. The van der Waals surface area contributed by atoms with Gasteiger partial charge >= 0.3 is 0 Å². The quantitative estimate of drug-likeness (QED) is 0.606. The maximum Gasteiger partial charge on any atom is 0.176 e. The first-order chi connectivity index (χ1) is 12.4. The molecular formula is C19H18ClFN4S. The molecule has 0 bridgehead atoms. The first kappa shape index (κ1) is 18.4. The number of aryl methyl sites for hydroxylation is 2. The molecule has 0 aliphatic carbocycles. The smallest absolute Gasteiger partial charge is 0.176 e. The molecule has 2 N–H and O–H groups in total. The van der Waals surface area contributed by atoms with E-state index in [-0.39, 0.29) is 12.4 Å². The Morgan fingerprint density at radius 2 is 1.88 bits per heavy atom. The maximum absolute atomic E-state index is 13.9. The van der Waals surface area contributed by atoms with Gasteiger partial charge in [0.05, 0.1) is 6.54 Å². The van der Waals surface area contributed by atoms with Crippen molar-refractivity contribution in [2.24, 2.45) is 0 Å². The molecule has 0 amide bonds. The first-order valence-electron chi connectivity index (χ1n) is 8.03. The lowest BCUT2D eigenvalue weighted by Gasteiger charge is -2.10. The second kappa shape index (κ2) is 7.85. The summed E-state index contributed by atoms with van der Waals surface area (Å²) in [6.45, 7) is 4.30. The molecule has 1 heterocycles. The zero-order valence-electron chi connectivity index (χ0n) is 14.4. The number of hydrogen-bond donors (Lipinski definition) is 2. The van der Waals surface area contributed by atoms with Gasteiger partial charge in [0, 0.05) is 28.5 Å². The van der Waals surface area contributed by atoms with E-state index in [1.165, 1.54) is 6.07 Å². The third-order valence-electron chi connectivity index (χ3n) is 3.74. The van der Waals surface area contributed by atoms with Gasteiger partial charge < -0.3 is 10.6 Å². The van der Waals surface area contributed by atoms with E-state index in [4.69, 9.17) is 23.8 Å². The topological polar surface area (TPSA) is 41.9 Å². The van der Waals surface area contributed by atoms with Crippen LogP contribution in [0, 0.1) is 19.7 Å². The summed E-state index contributed by atoms with van der Waals surface area (Å²) in [5, 5.41) is 11.3. The first-order valence-corrected chi connectivity index (χ1v) is 8.82. The van der Waals surface area contributed by atoms with Crippen LogP contribution in [0.2, 0.25) is 5.02 Å². The van der Waals surface area contributed by atoms with Gasteiger partial charge in [-0.2, -0.15) is 5.10 Å². The number of aromatic nitrogens is 2. The summed E-state index contributed by atoms with van der Waals surface area (Å²) in [6, 6.07) is 12.5. The fourth-order valence-electron chi connectivity index (χ4n) is 2.69. The van der Waals surface area contributed by atoms with E-state index in [0.29, 0.717) is 21.5 Å². The summed E-state index contributed by atoms with van der Waals surface area (Å²) in [5.41, 5.74) is 3.63. The Labute approximate surface area is 162 Å². The minimum absolute atomic E-state index is 0.241. The number of halogens is 2. The molecule has 4 nitrogen and oxygen atoms in total. The maximum atomic E-state index is 13.9. The lowest BCUT2D eigenvalue weighted by atomic mass is 10.1. The van der Waals surface area contributed by atoms with Gasteiger partial charge in [-0.25, -0.2) is 4.39 Å². The van der Waals surface area contributed by atoms with E-state index >= 15 is 0 Å². The molecule has 3 rings (SSSR count). The van der Waals surface area contributed by atoms with Gasteiger partial charge in [0.25, 0.3) is 0 Å². The Morgan fingerprint density at radius 3 is 2.58 bits per heavy atom. The number of nitrogens with one attached hydrogen (secondary N) is 2. The van der Waals surface area contributed by atoms with Crippen molar-refractivity contribution in [2.45, 2.75) is 20.4 Å². The molecule has 26 heavy (non-hydrogen) atoms. The average molecular weight is 389 g/mol. The van der Waals surface area contributed by atoms with E-state index in [1.807, 2.05) is 26.0 Å². The Kier molecular flexibility index (Phi) is 5.54.